The smallest absolute Gasteiger partial charge is 0.163 e. The molecule has 124 valence electrons. The standard InChI is InChI=1S/C18H25N3O2/c1-12(2)21-14(4)16(13(3)19-21)11-20(5)15-6-7-17-18(10-15)23-9-8-22-17/h6-7,10,12H,8-9,11H2,1-5H3. The summed E-state index contributed by atoms with van der Waals surface area (Å²) in [4.78, 5) is 2.22. The van der Waals surface area contributed by atoms with Crippen LogP contribution in [0.2, 0.25) is 0 Å². The second kappa shape index (κ2) is 6.14. The van der Waals surface area contributed by atoms with E-state index < -0.39 is 0 Å². The number of rotatable bonds is 4. The normalized spacial score (nSPS) is 13.5. The molecule has 0 N–H and O–H groups in total. The van der Waals surface area contributed by atoms with Gasteiger partial charge in [0.05, 0.1) is 5.69 Å². The van der Waals surface area contributed by atoms with E-state index in [4.69, 9.17) is 9.47 Å². The molecule has 0 amide bonds. The van der Waals surface area contributed by atoms with Crippen molar-refractivity contribution >= 4 is 5.69 Å². The molecule has 0 spiro atoms. The zero-order chi connectivity index (χ0) is 16.6. The van der Waals surface area contributed by atoms with Gasteiger partial charge in [0, 0.05) is 42.6 Å². The number of aromatic nitrogens is 2. The van der Waals surface area contributed by atoms with Gasteiger partial charge in [-0.3, -0.25) is 4.68 Å². The molecule has 0 radical (unpaired) electrons. The van der Waals surface area contributed by atoms with Crippen LogP contribution >= 0.6 is 0 Å². The number of anilines is 1. The number of nitrogens with zero attached hydrogens (tertiary/aromatic N) is 3. The Morgan fingerprint density at radius 2 is 1.87 bits per heavy atom. The monoisotopic (exact) mass is 315 g/mol. The molecule has 1 aliphatic rings. The van der Waals surface area contributed by atoms with E-state index in [9.17, 15) is 0 Å². The molecular formula is C18H25N3O2. The lowest BCUT2D eigenvalue weighted by atomic mass is 10.1. The molecule has 1 aromatic heterocycles. The lowest BCUT2D eigenvalue weighted by Gasteiger charge is -2.23. The highest BCUT2D eigenvalue weighted by Crippen LogP contribution is 2.34. The number of hydrogen-bond acceptors (Lipinski definition) is 4. The fraction of sp³-hybridized carbons (Fsp3) is 0.500. The Balaban J connectivity index is 1.83. The van der Waals surface area contributed by atoms with Crippen molar-refractivity contribution in [3.8, 4) is 11.5 Å². The highest BCUT2D eigenvalue weighted by atomic mass is 16.6. The molecular weight excluding hydrogens is 290 g/mol. The molecule has 3 rings (SSSR count). The van der Waals surface area contributed by atoms with Crippen molar-refractivity contribution in [1.29, 1.82) is 0 Å². The number of fused-ring (bicyclic) bond motifs is 1. The Labute approximate surface area is 137 Å². The molecule has 2 heterocycles. The third kappa shape index (κ3) is 3.00. The number of aryl methyl sites for hydroxylation is 1. The molecule has 0 saturated carbocycles. The van der Waals surface area contributed by atoms with Crippen LogP contribution in [0.15, 0.2) is 18.2 Å². The number of benzene rings is 1. The molecule has 5 nitrogen and oxygen atoms in total. The van der Waals surface area contributed by atoms with Crippen molar-refractivity contribution in [2.24, 2.45) is 0 Å². The summed E-state index contributed by atoms with van der Waals surface area (Å²) < 4.78 is 13.4. The van der Waals surface area contributed by atoms with Crippen molar-refractivity contribution in [3.63, 3.8) is 0 Å². The summed E-state index contributed by atoms with van der Waals surface area (Å²) in [6, 6.07) is 6.48. The second-order valence-corrected chi connectivity index (χ2v) is 6.37. The van der Waals surface area contributed by atoms with Crippen molar-refractivity contribution in [2.45, 2.75) is 40.3 Å². The van der Waals surface area contributed by atoms with Gasteiger partial charge in [-0.1, -0.05) is 0 Å². The van der Waals surface area contributed by atoms with Crippen molar-refractivity contribution in [1.82, 2.24) is 9.78 Å². The van der Waals surface area contributed by atoms with Gasteiger partial charge in [-0.15, -0.1) is 0 Å². The van der Waals surface area contributed by atoms with Gasteiger partial charge in [0.1, 0.15) is 13.2 Å². The SMILES string of the molecule is Cc1nn(C(C)C)c(C)c1CN(C)c1ccc2c(c1)OCCO2. The molecule has 0 saturated heterocycles. The summed E-state index contributed by atoms with van der Waals surface area (Å²) in [5, 5.41) is 4.67. The quantitative estimate of drug-likeness (QED) is 0.866. The van der Waals surface area contributed by atoms with Gasteiger partial charge in [-0.2, -0.15) is 5.10 Å². The van der Waals surface area contributed by atoms with E-state index in [2.05, 4.69) is 55.5 Å². The Morgan fingerprint density at radius 1 is 1.17 bits per heavy atom. The molecule has 0 aliphatic carbocycles. The predicted molar refractivity (Wildman–Crippen MR) is 91.6 cm³/mol. The van der Waals surface area contributed by atoms with Crippen molar-refractivity contribution in [3.05, 3.63) is 35.2 Å². The van der Waals surface area contributed by atoms with Gasteiger partial charge < -0.3 is 14.4 Å². The molecule has 5 heteroatoms. The van der Waals surface area contributed by atoms with Crippen LogP contribution < -0.4 is 14.4 Å². The van der Waals surface area contributed by atoms with Crippen LogP contribution in [-0.4, -0.2) is 30.0 Å². The minimum atomic E-state index is 0.377. The summed E-state index contributed by atoms with van der Waals surface area (Å²) >= 11 is 0. The van der Waals surface area contributed by atoms with Gasteiger partial charge in [0.15, 0.2) is 11.5 Å². The molecule has 1 aromatic carbocycles. The molecule has 0 atom stereocenters. The third-order valence-corrected chi connectivity index (χ3v) is 4.33. The fourth-order valence-corrected chi connectivity index (χ4v) is 3.03. The number of ether oxygens (including phenoxy) is 2. The summed E-state index contributed by atoms with van der Waals surface area (Å²) in [6.45, 7) is 10.6. The Hall–Kier alpha value is -2.17. The molecule has 0 bridgehead atoms. The first-order valence-corrected chi connectivity index (χ1v) is 8.12. The van der Waals surface area contributed by atoms with Gasteiger partial charge in [0.25, 0.3) is 0 Å². The second-order valence-electron chi connectivity index (χ2n) is 6.37. The molecule has 2 aromatic rings. The van der Waals surface area contributed by atoms with Crippen LogP contribution in [0.5, 0.6) is 11.5 Å². The van der Waals surface area contributed by atoms with Gasteiger partial charge >= 0.3 is 0 Å². The Kier molecular flexibility index (Phi) is 4.20. The lowest BCUT2D eigenvalue weighted by Crippen LogP contribution is -2.19. The van der Waals surface area contributed by atoms with Gasteiger partial charge in [-0.25, -0.2) is 0 Å². The maximum absolute atomic E-state index is 5.68. The minimum absolute atomic E-state index is 0.377. The van der Waals surface area contributed by atoms with E-state index >= 15 is 0 Å². The zero-order valence-corrected chi connectivity index (χ0v) is 14.6. The fourth-order valence-electron chi connectivity index (χ4n) is 3.03. The first-order valence-electron chi connectivity index (χ1n) is 8.12. The molecule has 23 heavy (non-hydrogen) atoms. The van der Waals surface area contributed by atoms with E-state index in [1.54, 1.807) is 0 Å². The topological polar surface area (TPSA) is 39.5 Å². The van der Waals surface area contributed by atoms with Crippen LogP contribution in [0.3, 0.4) is 0 Å². The van der Waals surface area contributed by atoms with Crippen LogP contribution in [0.1, 0.15) is 36.8 Å². The summed E-state index contributed by atoms with van der Waals surface area (Å²) in [7, 11) is 2.09. The summed E-state index contributed by atoms with van der Waals surface area (Å²) in [6.07, 6.45) is 0. The van der Waals surface area contributed by atoms with E-state index in [1.165, 1.54) is 11.3 Å². The van der Waals surface area contributed by atoms with Crippen LogP contribution in [0.25, 0.3) is 0 Å². The highest BCUT2D eigenvalue weighted by molar-refractivity contribution is 5.56. The Morgan fingerprint density at radius 3 is 2.52 bits per heavy atom. The average molecular weight is 315 g/mol. The molecule has 0 fully saturated rings. The van der Waals surface area contributed by atoms with Crippen LogP contribution in [0.4, 0.5) is 5.69 Å². The lowest BCUT2D eigenvalue weighted by molar-refractivity contribution is 0.171. The highest BCUT2D eigenvalue weighted by Gasteiger charge is 2.17. The predicted octanol–water partition coefficient (Wildman–Crippen LogP) is 3.49. The van der Waals surface area contributed by atoms with Gasteiger partial charge in [0.2, 0.25) is 0 Å². The zero-order valence-electron chi connectivity index (χ0n) is 14.6. The molecule has 0 unspecified atom stereocenters. The number of hydrogen-bond donors (Lipinski definition) is 0. The molecule has 1 aliphatic heterocycles. The maximum Gasteiger partial charge on any atom is 0.163 e. The van der Waals surface area contributed by atoms with E-state index in [0.717, 1.165) is 29.4 Å². The van der Waals surface area contributed by atoms with Crippen LogP contribution in [0, 0.1) is 13.8 Å². The first kappa shape index (κ1) is 15.7. The Bertz CT molecular complexity index is 707. The van der Waals surface area contributed by atoms with Crippen molar-refractivity contribution < 1.29 is 9.47 Å². The van der Waals surface area contributed by atoms with E-state index in [-0.39, 0.29) is 0 Å². The van der Waals surface area contributed by atoms with Crippen molar-refractivity contribution in [2.75, 3.05) is 25.2 Å². The van der Waals surface area contributed by atoms with E-state index in [0.29, 0.717) is 19.3 Å². The average Bonchev–Trinajstić information content (AvgIpc) is 2.82. The largest absolute Gasteiger partial charge is 0.486 e. The van der Waals surface area contributed by atoms with Crippen LogP contribution in [-0.2, 0) is 6.54 Å². The third-order valence-electron chi connectivity index (χ3n) is 4.33. The first-order chi connectivity index (χ1) is 11.0. The maximum atomic E-state index is 5.68. The van der Waals surface area contributed by atoms with Gasteiger partial charge in [-0.05, 0) is 39.8 Å². The van der Waals surface area contributed by atoms with E-state index in [1.807, 2.05) is 12.1 Å². The summed E-state index contributed by atoms with van der Waals surface area (Å²) in [5.41, 5.74) is 4.74. The summed E-state index contributed by atoms with van der Waals surface area (Å²) in [5.74, 6) is 1.65. The minimum Gasteiger partial charge on any atom is -0.486 e.